The standard InChI is InChI=1S/C23H28N2O4/c1-17(16-22(27)28)19-8-10-21(11-9-19)29-23(18(2)26)25-14-12-24(13-15-25)20-6-4-3-5-7-20/h3-11,16,18,23,26H,12-15H2,1-2H3,(H,27,28). The highest BCUT2D eigenvalue weighted by atomic mass is 16.5. The molecule has 0 spiro atoms. The molecule has 0 aliphatic carbocycles. The van der Waals surface area contributed by atoms with Gasteiger partial charge in [-0.1, -0.05) is 30.3 Å². The molecule has 0 amide bonds. The second-order valence-corrected chi connectivity index (χ2v) is 7.30. The van der Waals surface area contributed by atoms with E-state index in [9.17, 15) is 9.90 Å². The summed E-state index contributed by atoms with van der Waals surface area (Å²) in [5.74, 6) is -0.320. The number of nitrogens with zero attached hydrogens (tertiary/aromatic N) is 2. The average molecular weight is 396 g/mol. The number of carbonyl (C=O) groups is 1. The molecule has 1 heterocycles. The Morgan fingerprint density at radius 1 is 1.03 bits per heavy atom. The third kappa shape index (κ3) is 5.59. The predicted octanol–water partition coefficient (Wildman–Crippen LogP) is 3.08. The van der Waals surface area contributed by atoms with Gasteiger partial charge in [-0.25, -0.2) is 4.79 Å². The molecule has 0 radical (unpaired) electrons. The van der Waals surface area contributed by atoms with Crippen molar-refractivity contribution in [1.29, 1.82) is 0 Å². The predicted molar refractivity (Wildman–Crippen MR) is 114 cm³/mol. The van der Waals surface area contributed by atoms with Crippen LogP contribution in [0.3, 0.4) is 0 Å². The lowest BCUT2D eigenvalue weighted by molar-refractivity contribution is -0.131. The maximum absolute atomic E-state index is 10.8. The van der Waals surface area contributed by atoms with Crippen LogP contribution < -0.4 is 9.64 Å². The topological polar surface area (TPSA) is 73.2 Å². The number of ether oxygens (including phenoxy) is 1. The summed E-state index contributed by atoms with van der Waals surface area (Å²) >= 11 is 0. The second kappa shape index (κ2) is 9.58. The molecule has 0 aromatic heterocycles. The van der Waals surface area contributed by atoms with E-state index in [1.54, 1.807) is 13.8 Å². The molecule has 2 unspecified atom stereocenters. The highest BCUT2D eigenvalue weighted by Gasteiger charge is 2.28. The van der Waals surface area contributed by atoms with Gasteiger partial charge in [0.15, 0.2) is 6.23 Å². The first kappa shape index (κ1) is 20.9. The van der Waals surface area contributed by atoms with Crippen LogP contribution in [0.4, 0.5) is 5.69 Å². The van der Waals surface area contributed by atoms with E-state index in [2.05, 4.69) is 21.9 Å². The Kier molecular flexibility index (Phi) is 6.90. The quantitative estimate of drug-likeness (QED) is 0.701. The molecule has 0 saturated carbocycles. The Morgan fingerprint density at radius 2 is 1.66 bits per heavy atom. The van der Waals surface area contributed by atoms with Crippen molar-refractivity contribution < 1.29 is 19.7 Å². The fraction of sp³-hybridized carbons (Fsp3) is 0.348. The number of rotatable bonds is 7. The second-order valence-electron chi connectivity index (χ2n) is 7.30. The molecule has 6 nitrogen and oxygen atoms in total. The molecule has 2 atom stereocenters. The minimum atomic E-state index is -0.966. The molecule has 29 heavy (non-hydrogen) atoms. The number of anilines is 1. The van der Waals surface area contributed by atoms with E-state index in [1.807, 2.05) is 42.5 Å². The van der Waals surface area contributed by atoms with E-state index in [0.717, 1.165) is 31.7 Å². The van der Waals surface area contributed by atoms with Crippen LogP contribution in [0.25, 0.3) is 5.57 Å². The number of benzene rings is 2. The number of carboxylic acid groups (broad SMARTS) is 1. The third-order valence-corrected chi connectivity index (χ3v) is 5.11. The highest BCUT2D eigenvalue weighted by molar-refractivity contribution is 5.89. The van der Waals surface area contributed by atoms with Gasteiger partial charge in [-0.15, -0.1) is 0 Å². The number of piperazine rings is 1. The smallest absolute Gasteiger partial charge is 0.328 e. The van der Waals surface area contributed by atoms with Crippen LogP contribution >= 0.6 is 0 Å². The van der Waals surface area contributed by atoms with E-state index < -0.39 is 18.3 Å². The van der Waals surface area contributed by atoms with Crippen LogP contribution in [0.15, 0.2) is 60.7 Å². The minimum absolute atomic E-state index is 0.436. The first-order valence-corrected chi connectivity index (χ1v) is 9.84. The molecule has 2 aromatic rings. The van der Waals surface area contributed by atoms with Gasteiger partial charge in [0.05, 0.1) is 0 Å². The van der Waals surface area contributed by atoms with Crippen molar-refractivity contribution in [2.24, 2.45) is 0 Å². The van der Waals surface area contributed by atoms with Gasteiger partial charge < -0.3 is 19.8 Å². The molecule has 1 aliphatic heterocycles. The summed E-state index contributed by atoms with van der Waals surface area (Å²) in [7, 11) is 0. The van der Waals surface area contributed by atoms with Gasteiger partial charge in [0.1, 0.15) is 11.9 Å². The van der Waals surface area contributed by atoms with Crippen LogP contribution in [0.1, 0.15) is 19.4 Å². The molecule has 0 bridgehead atoms. The van der Waals surface area contributed by atoms with Crippen LogP contribution in [0.5, 0.6) is 5.75 Å². The summed E-state index contributed by atoms with van der Waals surface area (Å²) < 4.78 is 6.09. The third-order valence-electron chi connectivity index (χ3n) is 5.11. The number of hydrogen-bond donors (Lipinski definition) is 2. The van der Waals surface area contributed by atoms with E-state index >= 15 is 0 Å². The number of para-hydroxylation sites is 1. The fourth-order valence-electron chi connectivity index (χ4n) is 3.56. The van der Waals surface area contributed by atoms with Crippen molar-refractivity contribution in [2.45, 2.75) is 26.2 Å². The summed E-state index contributed by atoms with van der Waals surface area (Å²) in [5, 5.41) is 19.2. The van der Waals surface area contributed by atoms with Crippen molar-refractivity contribution in [3.8, 4) is 5.75 Å². The summed E-state index contributed by atoms with van der Waals surface area (Å²) in [6.07, 6.45) is 0.0989. The van der Waals surface area contributed by atoms with E-state index in [1.165, 1.54) is 11.8 Å². The van der Waals surface area contributed by atoms with E-state index in [0.29, 0.717) is 11.3 Å². The lowest BCUT2D eigenvalue weighted by atomic mass is 10.1. The van der Waals surface area contributed by atoms with Crippen molar-refractivity contribution in [3.63, 3.8) is 0 Å². The number of aliphatic carboxylic acids is 1. The molecular formula is C23H28N2O4. The number of allylic oxidation sites excluding steroid dienone is 1. The minimum Gasteiger partial charge on any atom is -0.478 e. The Balaban J connectivity index is 1.63. The summed E-state index contributed by atoms with van der Waals surface area (Å²) in [5.41, 5.74) is 2.71. The monoisotopic (exact) mass is 396 g/mol. The molecular weight excluding hydrogens is 368 g/mol. The first-order chi connectivity index (χ1) is 13.9. The lowest BCUT2D eigenvalue weighted by Crippen LogP contribution is -2.55. The SMILES string of the molecule is CC(=CC(=O)O)c1ccc(OC(C(C)O)N2CCN(c3ccccc3)CC2)cc1. The molecule has 1 fully saturated rings. The molecule has 2 aromatic carbocycles. The zero-order valence-electron chi connectivity index (χ0n) is 16.9. The summed E-state index contributed by atoms with van der Waals surface area (Å²) in [4.78, 5) is 15.3. The number of aliphatic hydroxyl groups is 1. The average Bonchev–Trinajstić information content (AvgIpc) is 2.72. The Hall–Kier alpha value is -2.83. The maximum Gasteiger partial charge on any atom is 0.328 e. The van der Waals surface area contributed by atoms with Crippen molar-refractivity contribution >= 4 is 17.2 Å². The van der Waals surface area contributed by atoms with Crippen molar-refractivity contribution in [1.82, 2.24) is 4.90 Å². The number of hydrogen-bond acceptors (Lipinski definition) is 5. The first-order valence-electron chi connectivity index (χ1n) is 9.84. The maximum atomic E-state index is 10.8. The fourth-order valence-corrected chi connectivity index (χ4v) is 3.56. The molecule has 6 heteroatoms. The Labute approximate surface area is 171 Å². The van der Waals surface area contributed by atoms with Crippen molar-refractivity contribution in [3.05, 3.63) is 66.2 Å². The van der Waals surface area contributed by atoms with Gasteiger partial charge in [-0.05, 0) is 49.2 Å². The van der Waals surface area contributed by atoms with Crippen LogP contribution in [0, 0.1) is 0 Å². The van der Waals surface area contributed by atoms with Gasteiger partial charge in [-0.3, -0.25) is 4.90 Å². The molecule has 2 N–H and O–H groups in total. The van der Waals surface area contributed by atoms with Crippen LogP contribution in [-0.4, -0.2) is 59.6 Å². The lowest BCUT2D eigenvalue weighted by Gasteiger charge is -2.40. The number of carboxylic acids is 1. The zero-order chi connectivity index (χ0) is 20.8. The van der Waals surface area contributed by atoms with Gasteiger partial charge in [-0.2, -0.15) is 0 Å². The molecule has 3 rings (SSSR count). The van der Waals surface area contributed by atoms with Gasteiger partial charge in [0, 0.05) is 37.9 Å². The highest BCUT2D eigenvalue weighted by Crippen LogP contribution is 2.22. The largest absolute Gasteiger partial charge is 0.478 e. The van der Waals surface area contributed by atoms with Gasteiger partial charge >= 0.3 is 5.97 Å². The van der Waals surface area contributed by atoms with E-state index in [-0.39, 0.29) is 0 Å². The van der Waals surface area contributed by atoms with E-state index in [4.69, 9.17) is 9.84 Å². The molecule has 154 valence electrons. The van der Waals surface area contributed by atoms with Crippen LogP contribution in [-0.2, 0) is 4.79 Å². The Bertz CT molecular complexity index is 826. The number of aliphatic hydroxyl groups excluding tert-OH is 1. The van der Waals surface area contributed by atoms with Gasteiger partial charge in [0.25, 0.3) is 0 Å². The Morgan fingerprint density at radius 3 is 2.21 bits per heavy atom. The van der Waals surface area contributed by atoms with Gasteiger partial charge in [0.2, 0.25) is 0 Å². The van der Waals surface area contributed by atoms with Crippen molar-refractivity contribution in [2.75, 3.05) is 31.1 Å². The summed E-state index contributed by atoms with van der Waals surface area (Å²) in [6.45, 7) is 6.83. The zero-order valence-corrected chi connectivity index (χ0v) is 16.9. The molecule has 1 aliphatic rings. The molecule has 1 saturated heterocycles. The normalized spacial score (nSPS) is 17.6. The van der Waals surface area contributed by atoms with Crippen LogP contribution in [0.2, 0.25) is 0 Å². The summed E-state index contributed by atoms with van der Waals surface area (Å²) in [6, 6.07) is 17.6.